The monoisotopic (exact) mass is 398 g/mol. The maximum atomic E-state index is 12.6. The standard InChI is InChI=1S/C21H26N4O4/c1-15-22-20(24-29-15)21(11-3-2-4-12-21)23-18(26)14-28-17-9-7-16(8-10-17)25-13-5-6-19(25)27/h7-10H,2-6,11-14H2,1H3,(H,23,26). The molecule has 1 aliphatic heterocycles. The highest BCUT2D eigenvalue weighted by Gasteiger charge is 2.39. The molecular weight excluding hydrogens is 372 g/mol. The Balaban J connectivity index is 1.37. The summed E-state index contributed by atoms with van der Waals surface area (Å²) in [7, 11) is 0. The summed E-state index contributed by atoms with van der Waals surface area (Å²) < 4.78 is 10.8. The number of hydrogen-bond donors (Lipinski definition) is 1. The van der Waals surface area contributed by atoms with E-state index in [9.17, 15) is 9.59 Å². The molecule has 1 saturated carbocycles. The number of nitrogens with zero attached hydrogens (tertiary/aromatic N) is 3. The molecule has 1 aromatic carbocycles. The Hall–Kier alpha value is -2.90. The first-order chi connectivity index (χ1) is 14.1. The average Bonchev–Trinajstić information content (AvgIpc) is 3.36. The Labute approximate surface area is 169 Å². The molecule has 0 radical (unpaired) electrons. The van der Waals surface area contributed by atoms with Gasteiger partial charge in [-0.2, -0.15) is 4.98 Å². The molecule has 1 aromatic heterocycles. The molecule has 2 heterocycles. The van der Waals surface area contributed by atoms with E-state index in [1.807, 2.05) is 12.1 Å². The van der Waals surface area contributed by atoms with Crippen molar-refractivity contribution in [3.8, 4) is 5.75 Å². The van der Waals surface area contributed by atoms with Gasteiger partial charge in [0.05, 0.1) is 0 Å². The van der Waals surface area contributed by atoms with Gasteiger partial charge in [-0.25, -0.2) is 0 Å². The second kappa shape index (κ2) is 8.23. The molecule has 0 unspecified atom stereocenters. The molecule has 1 N–H and O–H groups in total. The van der Waals surface area contributed by atoms with Crippen LogP contribution in [0.25, 0.3) is 0 Å². The van der Waals surface area contributed by atoms with Gasteiger partial charge in [-0.05, 0) is 43.5 Å². The maximum absolute atomic E-state index is 12.6. The Bertz CT molecular complexity index is 871. The van der Waals surface area contributed by atoms with Crippen molar-refractivity contribution in [2.45, 2.75) is 57.4 Å². The van der Waals surface area contributed by atoms with E-state index < -0.39 is 5.54 Å². The zero-order valence-corrected chi connectivity index (χ0v) is 16.6. The molecule has 29 heavy (non-hydrogen) atoms. The molecule has 8 nitrogen and oxygen atoms in total. The van der Waals surface area contributed by atoms with E-state index in [1.165, 1.54) is 0 Å². The van der Waals surface area contributed by atoms with Crippen molar-refractivity contribution in [3.63, 3.8) is 0 Å². The van der Waals surface area contributed by atoms with Gasteiger partial charge in [0.25, 0.3) is 5.91 Å². The van der Waals surface area contributed by atoms with Crippen LogP contribution in [0.5, 0.6) is 5.75 Å². The van der Waals surface area contributed by atoms with Gasteiger partial charge in [0.2, 0.25) is 11.8 Å². The molecule has 1 aliphatic carbocycles. The van der Waals surface area contributed by atoms with E-state index in [0.29, 0.717) is 23.9 Å². The molecule has 2 fully saturated rings. The fraction of sp³-hybridized carbons (Fsp3) is 0.524. The van der Waals surface area contributed by atoms with Gasteiger partial charge in [0, 0.05) is 25.6 Å². The van der Waals surface area contributed by atoms with Crippen LogP contribution in [-0.2, 0) is 15.1 Å². The summed E-state index contributed by atoms with van der Waals surface area (Å²) in [5.74, 6) is 1.55. The second-order valence-corrected chi connectivity index (χ2v) is 7.76. The van der Waals surface area contributed by atoms with Crippen molar-refractivity contribution in [1.29, 1.82) is 0 Å². The molecule has 2 aromatic rings. The number of hydrogen-bond acceptors (Lipinski definition) is 6. The van der Waals surface area contributed by atoms with E-state index in [4.69, 9.17) is 9.26 Å². The van der Waals surface area contributed by atoms with E-state index in [0.717, 1.165) is 50.8 Å². The van der Waals surface area contributed by atoms with Crippen molar-refractivity contribution in [1.82, 2.24) is 15.5 Å². The lowest BCUT2D eigenvalue weighted by molar-refractivity contribution is -0.125. The normalized spacial score (nSPS) is 18.7. The van der Waals surface area contributed by atoms with Crippen molar-refractivity contribution in [2.24, 2.45) is 0 Å². The molecule has 2 amide bonds. The van der Waals surface area contributed by atoms with Gasteiger partial charge in [0.1, 0.15) is 11.3 Å². The van der Waals surface area contributed by atoms with Gasteiger partial charge in [-0.3, -0.25) is 9.59 Å². The number of anilines is 1. The number of rotatable bonds is 6. The molecule has 0 atom stereocenters. The third kappa shape index (κ3) is 4.26. The number of aromatic nitrogens is 2. The SMILES string of the molecule is Cc1nc(C2(NC(=O)COc3ccc(N4CCCC4=O)cc3)CCCCC2)no1. The zero-order valence-electron chi connectivity index (χ0n) is 16.6. The summed E-state index contributed by atoms with van der Waals surface area (Å²) >= 11 is 0. The highest BCUT2D eigenvalue weighted by Crippen LogP contribution is 2.35. The first kappa shape index (κ1) is 19.4. The molecule has 1 saturated heterocycles. The smallest absolute Gasteiger partial charge is 0.258 e. The van der Waals surface area contributed by atoms with Crippen LogP contribution in [0.15, 0.2) is 28.8 Å². The lowest BCUT2D eigenvalue weighted by Gasteiger charge is -2.35. The Morgan fingerprint density at radius 1 is 1.21 bits per heavy atom. The summed E-state index contributed by atoms with van der Waals surface area (Å²) in [6.07, 6.45) is 6.21. The first-order valence-corrected chi connectivity index (χ1v) is 10.2. The van der Waals surface area contributed by atoms with Crippen molar-refractivity contribution in [2.75, 3.05) is 18.1 Å². The number of benzene rings is 1. The molecule has 2 aliphatic rings. The predicted molar refractivity (Wildman–Crippen MR) is 105 cm³/mol. The van der Waals surface area contributed by atoms with Gasteiger partial charge in [0.15, 0.2) is 12.4 Å². The molecule has 0 spiro atoms. The Morgan fingerprint density at radius 3 is 2.59 bits per heavy atom. The largest absolute Gasteiger partial charge is 0.484 e. The van der Waals surface area contributed by atoms with Crippen LogP contribution in [-0.4, -0.2) is 35.1 Å². The first-order valence-electron chi connectivity index (χ1n) is 10.2. The Kier molecular flexibility index (Phi) is 5.51. The van der Waals surface area contributed by atoms with E-state index in [-0.39, 0.29) is 18.4 Å². The average molecular weight is 398 g/mol. The molecular formula is C21H26N4O4. The van der Waals surface area contributed by atoms with Crippen molar-refractivity contribution < 1.29 is 18.8 Å². The van der Waals surface area contributed by atoms with Crippen LogP contribution < -0.4 is 15.0 Å². The van der Waals surface area contributed by atoms with Gasteiger partial charge in [-0.1, -0.05) is 24.4 Å². The van der Waals surface area contributed by atoms with Gasteiger partial charge >= 0.3 is 0 Å². The van der Waals surface area contributed by atoms with E-state index >= 15 is 0 Å². The molecule has 154 valence electrons. The van der Waals surface area contributed by atoms with E-state index in [1.54, 1.807) is 24.0 Å². The minimum absolute atomic E-state index is 0.0967. The summed E-state index contributed by atoms with van der Waals surface area (Å²) in [4.78, 5) is 30.6. The predicted octanol–water partition coefficient (Wildman–Crippen LogP) is 2.86. The van der Waals surface area contributed by atoms with Crippen LogP contribution in [0, 0.1) is 6.92 Å². The van der Waals surface area contributed by atoms with Crippen LogP contribution >= 0.6 is 0 Å². The summed E-state index contributed by atoms with van der Waals surface area (Å²) in [5.41, 5.74) is 0.272. The fourth-order valence-corrected chi connectivity index (χ4v) is 4.15. The zero-order chi connectivity index (χ0) is 20.3. The molecule has 0 bridgehead atoms. The lowest BCUT2D eigenvalue weighted by atomic mass is 9.81. The lowest BCUT2D eigenvalue weighted by Crippen LogP contribution is -2.49. The minimum atomic E-state index is -0.587. The van der Waals surface area contributed by atoms with Crippen LogP contribution in [0.2, 0.25) is 0 Å². The molecule has 4 rings (SSSR count). The number of ether oxygens (including phenoxy) is 1. The minimum Gasteiger partial charge on any atom is -0.484 e. The van der Waals surface area contributed by atoms with Crippen molar-refractivity contribution in [3.05, 3.63) is 36.0 Å². The number of carbonyl (C=O) groups excluding carboxylic acids is 2. The number of nitrogens with one attached hydrogen (secondary N) is 1. The summed E-state index contributed by atoms with van der Waals surface area (Å²) in [6, 6.07) is 7.27. The summed E-state index contributed by atoms with van der Waals surface area (Å²) in [5, 5.41) is 7.16. The number of amides is 2. The molecule has 8 heteroatoms. The number of carbonyl (C=O) groups is 2. The second-order valence-electron chi connectivity index (χ2n) is 7.76. The van der Waals surface area contributed by atoms with Crippen LogP contribution in [0.3, 0.4) is 0 Å². The van der Waals surface area contributed by atoms with Crippen molar-refractivity contribution >= 4 is 17.5 Å². The summed E-state index contributed by atoms with van der Waals surface area (Å²) in [6.45, 7) is 2.40. The van der Waals surface area contributed by atoms with Gasteiger partial charge in [-0.15, -0.1) is 0 Å². The third-order valence-electron chi connectivity index (χ3n) is 5.63. The highest BCUT2D eigenvalue weighted by molar-refractivity contribution is 5.95. The van der Waals surface area contributed by atoms with Crippen LogP contribution in [0.1, 0.15) is 56.7 Å². The third-order valence-corrected chi connectivity index (χ3v) is 5.63. The maximum Gasteiger partial charge on any atom is 0.258 e. The van der Waals surface area contributed by atoms with E-state index in [2.05, 4.69) is 15.5 Å². The highest BCUT2D eigenvalue weighted by atomic mass is 16.5. The Morgan fingerprint density at radius 2 is 1.97 bits per heavy atom. The fourth-order valence-electron chi connectivity index (χ4n) is 4.15. The topological polar surface area (TPSA) is 97.6 Å². The quantitative estimate of drug-likeness (QED) is 0.804. The van der Waals surface area contributed by atoms with Gasteiger partial charge < -0.3 is 19.5 Å². The number of aryl methyl sites for hydroxylation is 1. The van der Waals surface area contributed by atoms with Crippen LogP contribution in [0.4, 0.5) is 5.69 Å².